The maximum Gasteiger partial charge on any atom is 0.339 e. The van der Waals surface area contributed by atoms with Crippen LogP contribution in [0.25, 0.3) is 0 Å². The first kappa shape index (κ1) is 20.8. The molecule has 1 fully saturated rings. The Bertz CT molecular complexity index is 1020. The zero-order valence-corrected chi connectivity index (χ0v) is 17.5. The second-order valence-corrected chi connectivity index (χ2v) is 7.98. The van der Waals surface area contributed by atoms with E-state index in [9.17, 15) is 19.7 Å². The first-order valence-corrected chi connectivity index (χ1v) is 10.5. The molecule has 0 unspecified atom stereocenters. The predicted octanol–water partition coefficient (Wildman–Crippen LogP) is 3.33. The molecule has 162 valence electrons. The number of anilines is 1. The molecule has 8 nitrogen and oxygen atoms in total. The monoisotopic (exact) mass is 423 g/mol. The number of hydrogen-bond donors (Lipinski definition) is 0. The second kappa shape index (κ2) is 8.75. The molecule has 2 heterocycles. The summed E-state index contributed by atoms with van der Waals surface area (Å²) in [5.41, 5.74) is 2.77. The third-order valence-corrected chi connectivity index (χ3v) is 5.93. The van der Waals surface area contributed by atoms with Gasteiger partial charge in [-0.05, 0) is 49.4 Å². The summed E-state index contributed by atoms with van der Waals surface area (Å²) in [4.78, 5) is 40.1. The number of nitro groups is 1. The maximum atomic E-state index is 12.8. The van der Waals surface area contributed by atoms with Crippen LogP contribution in [0.5, 0.6) is 0 Å². The summed E-state index contributed by atoms with van der Waals surface area (Å²) < 4.78 is 5.37. The van der Waals surface area contributed by atoms with Gasteiger partial charge in [0.05, 0.1) is 10.5 Å². The Morgan fingerprint density at radius 2 is 1.77 bits per heavy atom. The van der Waals surface area contributed by atoms with Gasteiger partial charge in [0.25, 0.3) is 11.6 Å². The van der Waals surface area contributed by atoms with Crippen molar-refractivity contribution in [1.29, 1.82) is 0 Å². The van der Waals surface area contributed by atoms with E-state index in [2.05, 4.69) is 6.07 Å². The summed E-state index contributed by atoms with van der Waals surface area (Å²) >= 11 is 0. The highest BCUT2D eigenvalue weighted by Gasteiger charge is 2.29. The van der Waals surface area contributed by atoms with Crippen LogP contribution in [-0.4, -0.2) is 47.4 Å². The van der Waals surface area contributed by atoms with Crippen molar-refractivity contribution in [3.8, 4) is 0 Å². The maximum absolute atomic E-state index is 12.8. The fourth-order valence-corrected chi connectivity index (χ4v) is 4.24. The van der Waals surface area contributed by atoms with E-state index in [1.165, 1.54) is 24.6 Å². The number of fused-ring (bicyclic) bond motifs is 1. The Kier molecular flexibility index (Phi) is 5.88. The summed E-state index contributed by atoms with van der Waals surface area (Å²) in [6.07, 6.45) is 1.76. The van der Waals surface area contributed by atoms with Crippen LogP contribution in [0, 0.1) is 10.1 Å². The number of ether oxygens (including phenoxy) is 1. The molecule has 0 spiro atoms. The van der Waals surface area contributed by atoms with Gasteiger partial charge < -0.3 is 14.5 Å². The van der Waals surface area contributed by atoms with E-state index in [0.29, 0.717) is 18.8 Å². The minimum atomic E-state index is -0.977. The second-order valence-electron chi connectivity index (χ2n) is 7.98. The Labute approximate surface area is 180 Å². The van der Waals surface area contributed by atoms with Crippen molar-refractivity contribution < 1.29 is 19.2 Å². The molecule has 31 heavy (non-hydrogen) atoms. The predicted molar refractivity (Wildman–Crippen MR) is 115 cm³/mol. The molecule has 0 saturated carbocycles. The normalized spacial score (nSPS) is 16.5. The molecule has 0 bridgehead atoms. The van der Waals surface area contributed by atoms with E-state index in [4.69, 9.17) is 4.74 Å². The lowest BCUT2D eigenvalue weighted by Gasteiger charge is -2.30. The third-order valence-electron chi connectivity index (χ3n) is 5.93. The Morgan fingerprint density at radius 1 is 1.06 bits per heavy atom. The van der Waals surface area contributed by atoms with E-state index in [-0.39, 0.29) is 17.2 Å². The molecule has 2 aromatic carbocycles. The highest BCUT2D eigenvalue weighted by molar-refractivity contribution is 5.93. The zero-order valence-electron chi connectivity index (χ0n) is 17.5. The average Bonchev–Trinajstić information content (AvgIpc) is 3.32. The summed E-state index contributed by atoms with van der Waals surface area (Å²) in [6, 6.07) is 12.3. The molecule has 4 rings (SSSR count). The lowest BCUT2D eigenvalue weighted by Crippen LogP contribution is -2.42. The van der Waals surface area contributed by atoms with Crippen molar-refractivity contribution in [3.63, 3.8) is 0 Å². The molecule has 8 heteroatoms. The van der Waals surface area contributed by atoms with Crippen LogP contribution in [0.2, 0.25) is 0 Å². The minimum Gasteiger partial charge on any atom is -0.449 e. The number of carbonyl (C=O) groups excluding carboxylic acids is 2. The quantitative estimate of drug-likeness (QED) is 0.416. The van der Waals surface area contributed by atoms with E-state index in [1.54, 1.807) is 11.0 Å². The molecule has 2 aromatic rings. The van der Waals surface area contributed by atoms with Gasteiger partial charge in [-0.1, -0.05) is 24.3 Å². The standard InChI is InChI=1S/C23H25N3O5/c1-16(22(27)25-13-10-17-6-2-3-7-19(17)15-25)31-23(28)18-8-9-20(21(14-18)26(29)30)24-11-4-5-12-24/h2-3,6-9,14,16H,4-5,10-13,15H2,1H3/t16-/m0/s1. The van der Waals surface area contributed by atoms with Gasteiger partial charge in [0.15, 0.2) is 6.10 Å². The van der Waals surface area contributed by atoms with Crippen LogP contribution in [-0.2, 0) is 22.5 Å². The van der Waals surface area contributed by atoms with Gasteiger partial charge in [-0.3, -0.25) is 14.9 Å². The number of benzene rings is 2. The van der Waals surface area contributed by atoms with Crippen LogP contribution in [0.1, 0.15) is 41.3 Å². The van der Waals surface area contributed by atoms with Crippen molar-refractivity contribution in [2.24, 2.45) is 0 Å². The number of nitro benzene ring substituents is 1. The van der Waals surface area contributed by atoms with Gasteiger partial charge in [0.2, 0.25) is 0 Å². The van der Waals surface area contributed by atoms with Crippen molar-refractivity contribution in [2.45, 2.75) is 38.8 Å². The zero-order chi connectivity index (χ0) is 22.0. The molecule has 1 atom stereocenters. The topological polar surface area (TPSA) is 93.0 Å². The molecule has 0 radical (unpaired) electrons. The molecular weight excluding hydrogens is 398 g/mol. The molecule has 0 aromatic heterocycles. The summed E-state index contributed by atoms with van der Waals surface area (Å²) in [5.74, 6) is -1.01. The first-order valence-electron chi connectivity index (χ1n) is 10.5. The van der Waals surface area contributed by atoms with Gasteiger partial charge in [-0.25, -0.2) is 4.79 Å². The van der Waals surface area contributed by atoms with E-state index >= 15 is 0 Å². The molecule has 1 amide bonds. The molecule has 2 aliphatic rings. The van der Waals surface area contributed by atoms with E-state index in [1.807, 2.05) is 23.1 Å². The fraction of sp³-hybridized carbons (Fsp3) is 0.391. The number of esters is 1. The van der Waals surface area contributed by atoms with Gasteiger partial charge in [0, 0.05) is 32.2 Å². The Hall–Kier alpha value is -3.42. The molecule has 2 aliphatic heterocycles. The van der Waals surface area contributed by atoms with E-state index < -0.39 is 17.0 Å². The smallest absolute Gasteiger partial charge is 0.339 e. The fourth-order valence-electron chi connectivity index (χ4n) is 4.24. The van der Waals surface area contributed by atoms with Crippen LogP contribution in [0.4, 0.5) is 11.4 Å². The van der Waals surface area contributed by atoms with E-state index in [0.717, 1.165) is 37.9 Å². The lowest BCUT2D eigenvalue weighted by molar-refractivity contribution is -0.384. The number of amides is 1. The number of hydrogen-bond acceptors (Lipinski definition) is 6. The molecule has 0 aliphatic carbocycles. The number of carbonyl (C=O) groups is 2. The van der Waals surface area contributed by atoms with Crippen molar-refractivity contribution in [1.82, 2.24) is 4.90 Å². The first-order chi connectivity index (χ1) is 14.9. The lowest BCUT2D eigenvalue weighted by atomic mass is 9.99. The van der Waals surface area contributed by atoms with Crippen molar-refractivity contribution >= 4 is 23.3 Å². The molecule has 0 N–H and O–H groups in total. The highest BCUT2D eigenvalue weighted by atomic mass is 16.6. The number of rotatable bonds is 5. The SMILES string of the molecule is C[C@H](OC(=O)c1ccc(N2CCCC2)c([N+](=O)[O-])c1)C(=O)N1CCc2ccccc2C1. The van der Waals surface area contributed by atoms with Crippen molar-refractivity contribution in [2.75, 3.05) is 24.5 Å². The van der Waals surface area contributed by atoms with Gasteiger partial charge in [-0.15, -0.1) is 0 Å². The summed E-state index contributed by atoms with van der Waals surface area (Å²) in [6.45, 7) is 4.10. The van der Waals surface area contributed by atoms with Crippen LogP contribution in [0.15, 0.2) is 42.5 Å². The van der Waals surface area contributed by atoms with Crippen LogP contribution < -0.4 is 4.90 Å². The molecule has 1 saturated heterocycles. The summed E-state index contributed by atoms with van der Waals surface area (Å²) in [5, 5.41) is 11.6. The Balaban J connectivity index is 1.44. The Morgan fingerprint density at radius 3 is 2.48 bits per heavy atom. The third kappa shape index (κ3) is 4.38. The van der Waals surface area contributed by atoms with Crippen LogP contribution in [0.3, 0.4) is 0 Å². The largest absolute Gasteiger partial charge is 0.449 e. The molecular formula is C23H25N3O5. The highest BCUT2D eigenvalue weighted by Crippen LogP contribution is 2.32. The average molecular weight is 423 g/mol. The summed E-state index contributed by atoms with van der Waals surface area (Å²) in [7, 11) is 0. The minimum absolute atomic E-state index is 0.0679. The van der Waals surface area contributed by atoms with Gasteiger partial charge in [0.1, 0.15) is 5.69 Å². The van der Waals surface area contributed by atoms with Crippen LogP contribution >= 0.6 is 0 Å². The number of nitrogens with zero attached hydrogens (tertiary/aromatic N) is 3. The van der Waals surface area contributed by atoms with Gasteiger partial charge in [-0.2, -0.15) is 0 Å². The van der Waals surface area contributed by atoms with Gasteiger partial charge >= 0.3 is 5.97 Å². The van der Waals surface area contributed by atoms with Crippen molar-refractivity contribution in [3.05, 3.63) is 69.3 Å².